The van der Waals surface area contributed by atoms with Crippen molar-refractivity contribution in [2.75, 3.05) is 13.2 Å². The molecule has 1 heterocycles. The molecule has 0 bridgehead atoms. The van der Waals surface area contributed by atoms with Gasteiger partial charge in [0.05, 0.1) is 12.7 Å². The van der Waals surface area contributed by atoms with Crippen LogP contribution in [-0.2, 0) is 4.74 Å². The van der Waals surface area contributed by atoms with Gasteiger partial charge in [-0.15, -0.1) is 6.58 Å². The molecule has 0 amide bonds. The van der Waals surface area contributed by atoms with E-state index in [0.29, 0.717) is 35.6 Å². The zero-order valence-electron chi connectivity index (χ0n) is 18.6. The van der Waals surface area contributed by atoms with Gasteiger partial charge in [0.1, 0.15) is 5.82 Å². The van der Waals surface area contributed by atoms with Gasteiger partial charge in [-0.1, -0.05) is 49.4 Å². The summed E-state index contributed by atoms with van der Waals surface area (Å²) in [6, 6.07) is 14.8. The van der Waals surface area contributed by atoms with Crippen LogP contribution in [0.15, 0.2) is 67.3 Å². The average Bonchev–Trinajstić information content (AvgIpc) is 2.83. The minimum absolute atomic E-state index is 0.0753. The van der Waals surface area contributed by atoms with Crippen LogP contribution >= 0.6 is 0 Å². The first-order chi connectivity index (χ1) is 16.0. The molecule has 3 aromatic rings. The Morgan fingerprint density at radius 3 is 2.27 bits per heavy atom. The second-order valence-electron chi connectivity index (χ2n) is 8.49. The lowest BCUT2D eigenvalue weighted by Gasteiger charge is -2.27. The van der Waals surface area contributed by atoms with Gasteiger partial charge in [-0.3, -0.25) is 0 Å². The molecule has 0 spiro atoms. The third kappa shape index (κ3) is 5.14. The van der Waals surface area contributed by atoms with E-state index >= 15 is 0 Å². The van der Waals surface area contributed by atoms with E-state index in [1.807, 2.05) is 6.07 Å². The predicted molar refractivity (Wildman–Crippen MR) is 125 cm³/mol. The second-order valence-corrected chi connectivity index (χ2v) is 8.49. The van der Waals surface area contributed by atoms with Gasteiger partial charge in [-0.05, 0) is 60.1 Å². The first-order valence-electron chi connectivity index (χ1n) is 11.2. The third-order valence-electron chi connectivity index (χ3n) is 6.00. The Kier molecular flexibility index (Phi) is 7.19. The highest BCUT2D eigenvalue weighted by Gasteiger charge is 2.21. The minimum Gasteiger partial charge on any atom is -0.490 e. The first-order valence-corrected chi connectivity index (χ1v) is 11.2. The molecular formula is C28H27F3O2. The third-order valence-corrected chi connectivity index (χ3v) is 6.00. The van der Waals surface area contributed by atoms with Crippen molar-refractivity contribution in [3.8, 4) is 28.0 Å². The topological polar surface area (TPSA) is 18.5 Å². The SMILES string of the molecule is C=CCCOc1ccc(-c2ccc(-c3ccc(C4CCC(C)CO4)cc3F)cc2)c(F)c1F. The van der Waals surface area contributed by atoms with E-state index in [1.165, 1.54) is 18.2 Å². The second kappa shape index (κ2) is 10.3. The van der Waals surface area contributed by atoms with Gasteiger partial charge < -0.3 is 9.47 Å². The minimum atomic E-state index is -1.03. The van der Waals surface area contributed by atoms with Crippen LogP contribution in [0.4, 0.5) is 13.2 Å². The number of halogens is 3. The van der Waals surface area contributed by atoms with Crippen molar-refractivity contribution in [3.63, 3.8) is 0 Å². The van der Waals surface area contributed by atoms with Gasteiger partial charge in [0, 0.05) is 17.7 Å². The molecule has 5 heteroatoms. The Bertz CT molecular complexity index is 1120. The van der Waals surface area contributed by atoms with E-state index in [4.69, 9.17) is 9.47 Å². The first kappa shape index (κ1) is 23.1. The molecule has 1 aliphatic rings. The molecular weight excluding hydrogens is 425 g/mol. The molecule has 2 atom stereocenters. The summed E-state index contributed by atoms with van der Waals surface area (Å²) in [5, 5.41) is 0. The van der Waals surface area contributed by atoms with Crippen molar-refractivity contribution in [2.24, 2.45) is 5.92 Å². The van der Waals surface area contributed by atoms with Gasteiger partial charge in [0.15, 0.2) is 11.6 Å². The fourth-order valence-corrected chi connectivity index (χ4v) is 4.06. The highest BCUT2D eigenvalue weighted by Crippen LogP contribution is 2.35. The molecule has 2 nitrogen and oxygen atoms in total. The Morgan fingerprint density at radius 1 is 0.939 bits per heavy atom. The maximum atomic E-state index is 14.9. The number of hydrogen-bond donors (Lipinski definition) is 0. The summed E-state index contributed by atoms with van der Waals surface area (Å²) < 4.78 is 55.0. The van der Waals surface area contributed by atoms with E-state index in [9.17, 15) is 13.2 Å². The van der Waals surface area contributed by atoms with Crippen molar-refractivity contribution >= 4 is 0 Å². The Morgan fingerprint density at radius 2 is 1.64 bits per heavy atom. The zero-order valence-corrected chi connectivity index (χ0v) is 18.6. The summed E-state index contributed by atoms with van der Waals surface area (Å²) in [6.45, 7) is 6.64. The smallest absolute Gasteiger partial charge is 0.201 e. The number of rotatable bonds is 7. The van der Waals surface area contributed by atoms with Crippen LogP contribution in [-0.4, -0.2) is 13.2 Å². The van der Waals surface area contributed by atoms with Crippen LogP contribution in [0.2, 0.25) is 0 Å². The molecule has 1 aliphatic heterocycles. The summed E-state index contributed by atoms with van der Waals surface area (Å²) in [4.78, 5) is 0. The van der Waals surface area contributed by atoms with E-state index in [1.54, 1.807) is 36.4 Å². The zero-order chi connectivity index (χ0) is 23.4. The molecule has 0 aliphatic carbocycles. The fourth-order valence-electron chi connectivity index (χ4n) is 4.06. The summed E-state index contributed by atoms with van der Waals surface area (Å²) in [5.74, 6) is -1.94. The molecule has 0 aromatic heterocycles. The quantitative estimate of drug-likeness (QED) is 0.268. The lowest BCUT2D eigenvalue weighted by atomic mass is 9.94. The number of benzene rings is 3. The van der Waals surface area contributed by atoms with Crippen molar-refractivity contribution in [3.05, 3.63) is 90.3 Å². The van der Waals surface area contributed by atoms with Crippen molar-refractivity contribution in [2.45, 2.75) is 32.3 Å². The van der Waals surface area contributed by atoms with Crippen LogP contribution in [0.3, 0.4) is 0 Å². The van der Waals surface area contributed by atoms with E-state index in [0.717, 1.165) is 18.4 Å². The maximum Gasteiger partial charge on any atom is 0.201 e. The van der Waals surface area contributed by atoms with Crippen molar-refractivity contribution in [1.29, 1.82) is 0 Å². The van der Waals surface area contributed by atoms with Gasteiger partial charge in [0.2, 0.25) is 5.82 Å². The van der Waals surface area contributed by atoms with Crippen molar-refractivity contribution < 1.29 is 22.6 Å². The molecule has 0 N–H and O–H groups in total. The summed E-state index contributed by atoms with van der Waals surface area (Å²) in [6.07, 6.45) is 4.05. The number of ether oxygens (including phenoxy) is 2. The van der Waals surface area contributed by atoms with Crippen LogP contribution in [0.1, 0.15) is 37.9 Å². The molecule has 4 rings (SSSR count). The molecule has 172 valence electrons. The normalized spacial score (nSPS) is 18.2. The van der Waals surface area contributed by atoms with Gasteiger partial charge >= 0.3 is 0 Å². The van der Waals surface area contributed by atoms with E-state index in [-0.39, 0.29) is 29.8 Å². The molecule has 3 aromatic carbocycles. The highest BCUT2D eigenvalue weighted by atomic mass is 19.2. The molecule has 2 unspecified atom stereocenters. The van der Waals surface area contributed by atoms with Crippen molar-refractivity contribution in [1.82, 2.24) is 0 Å². The Balaban J connectivity index is 1.53. The maximum absolute atomic E-state index is 14.9. The predicted octanol–water partition coefficient (Wildman–Crippen LogP) is 7.88. The molecule has 0 saturated carbocycles. The lowest BCUT2D eigenvalue weighted by molar-refractivity contribution is -0.0125. The van der Waals surface area contributed by atoms with Crippen LogP contribution in [0, 0.1) is 23.4 Å². The van der Waals surface area contributed by atoms with Gasteiger partial charge in [-0.25, -0.2) is 8.78 Å². The molecule has 1 fully saturated rings. The van der Waals surface area contributed by atoms with Crippen LogP contribution in [0.25, 0.3) is 22.3 Å². The summed E-state index contributed by atoms with van der Waals surface area (Å²) in [7, 11) is 0. The summed E-state index contributed by atoms with van der Waals surface area (Å²) >= 11 is 0. The highest BCUT2D eigenvalue weighted by molar-refractivity contribution is 5.71. The van der Waals surface area contributed by atoms with Gasteiger partial charge in [0.25, 0.3) is 0 Å². The van der Waals surface area contributed by atoms with Gasteiger partial charge in [-0.2, -0.15) is 4.39 Å². The van der Waals surface area contributed by atoms with E-state index < -0.39 is 11.6 Å². The fraction of sp³-hybridized carbons (Fsp3) is 0.286. The summed E-state index contributed by atoms with van der Waals surface area (Å²) in [5.41, 5.74) is 2.57. The standard InChI is InChI=1S/C28H27F3O2/c1-3-4-15-32-26-14-12-23(27(30)28(26)31)20-8-6-19(7-9-20)22-11-10-21(16-24(22)29)25-13-5-18(2)17-33-25/h3,6-12,14,16,18,25H,1,4-5,13,15,17H2,2H3. The average molecular weight is 453 g/mol. The largest absolute Gasteiger partial charge is 0.490 e. The van der Waals surface area contributed by atoms with Crippen LogP contribution in [0.5, 0.6) is 5.75 Å². The number of hydrogen-bond acceptors (Lipinski definition) is 2. The Labute approximate surface area is 192 Å². The Hall–Kier alpha value is -3.05. The lowest BCUT2D eigenvalue weighted by Crippen LogP contribution is -2.18. The molecule has 33 heavy (non-hydrogen) atoms. The van der Waals surface area contributed by atoms with Crippen LogP contribution < -0.4 is 4.74 Å². The van der Waals surface area contributed by atoms with E-state index in [2.05, 4.69) is 13.5 Å². The monoisotopic (exact) mass is 452 g/mol. The molecule has 0 radical (unpaired) electrons. The molecule has 1 saturated heterocycles.